The summed E-state index contributed by atoms with van der Waals surface area (Å²) in [5.74, 6) is 1.97. The Labute approximate surface area is 142 Å². The Bertz CT molecular complexity index is 567. The van der Waals surface area contributed by atoms with Crippen molar-refractivity contribution >= 4 is 23.6 Å². The lowest BCUT2D eigenvalue weighted by Crippen LogP contribution is -2.43. The van der Waals surface area contributed by atoms with Crippen molar-refractivity contribution < 1.29 is 4.79 Å². The molecule has 0 saturated carbocycles. The highest BCUT2D eigenvalue weighted by Gasteiger charge is 2.29. The van der Waals surface area contributed by atoms with E-state index in [1.54, 1.807) is 14.1 Å². The fraction of sp³-hybridized carbons (Fsp3) is 0.529. The molecule has 1 aliphatic rings. The average molecular weight is 334 g/mol. The van der Waals surface area contributed by atoms with E-state index < -0.39 is 0 Å². The molecule has 1 aromatic carbocycles. The third-order valence-electron chi connectivity index (χ3n) is 4.03. The van der Waals surface area contributed by atoms with E-state index in [1.165, 1.54) is 18.6 Å². The first-order chi connectivity index (χ1) is 11.1. The normalized spacial score (nSPS) is 21.1. The summed E-state index contributed by atoms with van der Waals surface area (Å²) >= 11 is 2.03. The van der Waals surface area contributed by atoms with E-state index >= 15 is 0 Å². The number of nitrogens with zero attached hydrogens (tertiary/aromatic N) is 1. The molecule has 0 bridgehead atoms. The van der Waals surface area contributed by atoms with Crippen LogP contribution in [0.5, 0.6) is 0 Å². The summed E-state index contributed by atoms with van der Waals surface area (Å²) in [6.07, 6.45) is 2.54. The van der Waals surface area contributed by atoms with Crippen LogP contribution in [0, 0.1) is 0 Å². The topological polar surface area (TPSA) is 65.5 Å². The molecule has 1 heterocycles. The molecule has 1 aromatic rings. The van der Waals surface area contributed by atoms with Gasteiger partial charge in [-0.1, -0.05) is 12.1 Å². The number of hydrogen-bond acceptors (Lipinski definition) is 3. The van der Waals surface area contributed by atoms with Gasteiger partial charge in [-0.2, -0.15) is 11.8 Å². The molecule has 0 aromatic heterocycles. The maximum atomic E-state index is 11.7. The van der Waals surface area contributed by atoms with Crippen molar-refractivity contribution in [2.24, 2.45) is 4.99 Å². The van der Waals surface area contributed by atoms with Crippen molar-refractivity contribution in [3.8, 4) is 0 Å². The second-order valence-electron chi connectivity index (χ2n) is 5.96. The second kappa shape index (κ2) is 8.24. The van der Waals surface area contributed by atoms with Gasteiger partial charge in [0, 0.05) is 37.5 Å². The molecule has 23 heavy (non-hydrogen) atoms. The fourth-order valence-corrected chi connectivity index (χ4v) is 3.86. The van der Waals surface area contributed by atoms with Gasteiger partial charge in [-0.3, -0.25) is 9.79 Å². The highest BCUT2D eigenvalue weighted by molar-refractivity contribution is 8.00. The van der Waals surface area contributed by atoms with Gasteiger partial charge in [0.1, 0.15) is 0 Å². The summed E-state index contributed by atoms with van der Waals surface area (Å²) in [6.45, 7) is 3.85. The Morgan fingerprint density at radius 3 is 2.87 bits per heavy atom. The summed E-state index contributed by atoms with van der Waals surface area (Å²) < 4.78 is 0.302. The molecular formula is C17H26N4OS. The minimum Gasteiger partial charge on any atom is -0.355 e. The molecule has 1 atom stereocenters. The van der Waals surface area contributed by atoms with Crippen LogP contribution in [-0.4, -0.2) is 43.0 Å². The van der Waals surface area contributed by atoms with Crippen LogP contribution in [0.2, 0.25) is 0 Å². The van der Waals surface area contributed by atoms with Crippen molar-refractivity contribution in [2.75, 3.05) is 26.4 Å². The minimum atomic E-state index is -0.0689. The molecular weight excluding hydrogens is 308 g/mol. The van der Waals surface area contributed by atoms with Crippen LogP contribution in [-0.2, 0) is 6.54 Å². The molecule has 0 spiro atoms. The van der Waals surface area contributed by atoms with E-state index in [0.29, 0.717) is 16.9 Å². The molecule has 1 amide bonds. The zero-order valence-corrected chi connectivity index (χ0v) is 14.9. The van der Waals surface area contributed by atoms with Gasteiger partial charge in [-0.05, 0) is 43.2 Å². The van der Waals surface area contributed by atoms with E-state index in [0.717, 1.165) is 18.1 Å². The van der Waals surface area contributed by atoms with Gasteiger partial charge >= 0.3 is 0 Å². The number of amides is 1. The Morgan fingerprint density at radius 2 is 2.22 bits per heavy atom. The molecule has 0 radical (unpaired) electrons. The van der Waals surface area contributed by atoms with Gasteiger partial charge in [-0.15, -0.1) is 0 Å². The fourth-order valence-electron chi connectivity index (χ4n) is 2.62. The lowest BCUT2D eigenvalue weighted by molar-refractivity contribution is 0.0963. The molecule has 3 N–H and O–H groups in total. The number of hydrogen-bond donors (Lipinski definition) is 3. The van der Waals surface area contributed by atoms with Crippen LogP contribution in [0.4, 0.5) is 0 Å². The number of carbonyl (C=O) groups is 1. The number of guanidine groups is 1. The first kappa shape index (κ1) is 17.7. The van der Waals surface area contributed by atoms with E-state index in [2.05, 4.69) is 27.9 Å². The van der Waals surface area contributed by atoms with Crippen LogP contribution in [0.15, 0.2) is 29.3 Å². The maximum absolute atomic E-state index is 11.7. The third kappa shape index (κ3) is 5.16. The zero-order valence-electron chi connectivity index (χ0n) is 14.1. The SMILES string of the molecule is CN=C(NCc1cccc(C(=O)NC)c1)NCC1(C)CCCS1. The molecule has 1 saturated heterocycles. The van der Waals surface area contributed by atoms with Crippen molar-refractivity contribution in [3.63, 3.8) is 0 Å². The van der Waals surface area contributed by atoms with Crippen molar-refractivity contribution in [3.05, 3.63) is 35.4 Å². The minimum absolute atomic E-state index is 0.0689. The summed E-state index contributed by atoms with van der Waals surface area (Å²) in [6, 6.07) is 7.61. The van der Waals surface area contributed by atoms with Gasteiger partial charge in [-0.25, -0.2) is 0 Å². The van der Waals surface area contributed by atoms with Crippen LogP contribution in [0.25, 0.3) is 0 Å². The Hall–Kier alpha value is -1.69. The molecule has 1 aliphatic heterocycles. The molecule has 5 nitrogen and oxygen atoms in total. The average Bonchev–Trinajstić information content (AvgIpc) is 3.01. The zero-order chi connectivity index (χ0) is 16.7. The molecule has 2 rings (SSSR count). The second-order valence-corrected chi connectivity index (χ2v) is 7.64. The molecule has 1 fully saturated rings. The summed E-state index contributed by atoms with van der Waals surface area (Å²) in [5.41, 5.74) is 1.72. The van der Waals surface area contributed by atoms with Crippen molar-refractivity contribution in [2.45, 2.75) is 31.1 Å². The smallest absolute Gasteiger partial charge is 0.251 e. The van der Waals surface area contributed by atoms with Crippen molar-refractivity contribution in [1.29, 1.82) is 0 Å². The van der Waals surface area contributed by atoms with Gasteiger partial charge in [0.2, 0.25) is 0 Å². The molecule has 0 aliphatic carbocycles. The molecule has 126 valence electrons. The van der Waals surface area contributed by atoms with Crippen LogP contribution >= 0.6 is 11.8 Å². The van der Waals surface area contributed by atoms with Crippen LogP contribution < -0.4 is 16.0 Å². The highest BCUT2D eigenvalue weighted by Crippen LogP contribution is 2.36. The van der Waals surface area contributed by atoms with Crippen LogP contribution in [0.1, 0.15) is 35.7 Å². The predicted molar refractivity (Wildman–Crippen MR) is 98.1 cm³/mol. The number of benzene rings is 1. The Kier molecular flexibility index (Phi) is 6.33. The maximum Gasteiger partial charge on any atom is 0.251 e. The summed E-state index contributed by atoms with van der Waals surface area (Å²) in [7, 11) is 3.42. The van der Waals surface area contributed by atoms with Crippen LogP contribution in [0.3, 0.4) is 0 Å². The van der Waals surface area contributed by atoms with Crippen molar-refractivity contribution in [1.82, 2.24) is 16.0 Å². The number of aliphatic imine (C=N–C) groups is 1. The quantitative estimate of drug-likeness (QED) is 0.569. The Balaban J connectivity index is 1.87. The van der Waals surface area contributed by atoms with Gasteiger partial charge < -0.3 is 16.0 Å². The monoisotopic (exact) mass is 334 g/mol. The van der Waals surface area contributed by atoms with Gasteiger partial charge in [0.25, 0.3) is 5.91 Å². The molecule has 6 heteroatoms. The first-order valence-corrected chi connectivity index (χ1v) is 8.94. The van der Waals surface area contributed by atoms with E-state index in [1.807, 2.05) is 36.0 Å². The number of thioether (sulfide) groups is 1. The lowest BCUT2D eigenvalue weighted by atomic mass is 10.1. The number of rotatable bonds is 5. The van der Waals surface area contributed by atoms with E-state index in [4.69, 9.17) is 0 Å². The predicted octanol–water partition coefficient (Wildman–Crippen LogP) is 2.00. The standard InChI is InChI=1S/C17H26N4OS/c1-17(8-5-9-23-17)12-21-16(19-3)20-11-13-6-4-7-14(10-13)15(22)18-2/h4,6-7,10H,5,8-9,11-12H2,1-3H3,(H,18,22)(H2,19,20,21). The lowest BCUT2D eigenvalue weighted by Gasteiger charge is -2.24. The first-order valence-electron chi connectivity index (χ1n) is 7.96. The Morgan fingerprint density at radius 1 is 1.39 bits per heavy atom. The largest absolute Gasteiger partial charge is 0.355 e. The van der Waals surface area contributed by atoms with E-state index in [9.17, 15) is 4.79 Å². The highest BCUT2D eigenvalue weighted by atomic mass is 32.2. The number of carbonyl (C=O) groups excluding carboxylic acids is 1. The van der Waals surface area contributed by atoms with E-state index in [-0.39, 0.29) is 5.91 Å². The summed E-state index contributed by atoms with van der Waals surface area (Å²) in [5, 5.41) is 9.36. The number of nitrogens with one attached hydrogen (secondary N) is 3. The molecule has 1 unspecified atom stereocenters. The van der Waals surface area contributed by atoms with Gasteiger partial charge in [0.05, 0.1) is 0 Å². The summed E-state index contributed by atoms with van der Waals surface area (Å²) in [4.78, 5) is 15.9. The van der Waals surface area contributed by atoms with Gasteiger partial charge in [0.15, 0.2) is 5.96 Å². The third-order valence-corrected chi connectivity index (χ3v) is 5.57.